The number of nitrogens with one attached hydrogen (secondary N) is 1. The summed E-state index contributed by atoms with van der Waals surface area (Å²) >= 11 is 0. The fourth-order valence-electron chi connectivity index (χ4n) is 4.02. The van der Waals surface area contributed by atoms with Gasteiger partial charge in [0.1, 0.15) is 0 Å². The van der Waals surface area contributed by atoms with Crippen LogP contribution in [0.5, 0.6) is 0 Å². The summed E-state index contributed by atoms with van der Waals surface area (Å²) in [6.45, 7) is 2.74. The van der Waals surface area contributed by atoms with Crippen molar-refractivity contribution < 1.29 is 22.7 Å². The molecule has 0 fully saturated rings. The Balaban J connectivity index is 1.29. The van der Waals surface area contributed by atoms with Crippen molar-refractivity contribution in [1.82, 2.24) is 9.62 Å². The summed E-state index contributed by atoms with van der Waals surface area (Å²) in [4.78, 5) is 24.5. The quantitative estimate of drug-likeness (QED) is 0.486. The zero-order chi connectivity index (χ0) is 24.8. The highest BCUT2D eigenvalue weighted by Crippen LogP contribution is 2.25. The molecule has 7 nitrogen and oxygen atoms in total. The minimum Gasteiger partial charge on any atom is -0.452 e. The highest BCUT2D eigenvalue weighted by atomic mass is 32.2. The van der Waals surface area contributed by atoms with E-state index in [0.717, 1.165) is 16.7 Å². The van der Waals surface area contributed by atoms with Crippen molar-refractivity contribution in [2.45, 2.75) is 30.7 Å². The number of carbonyl (C=O) groups excluding carboxylic acids is 2. The van der Waals surface area contributed by atoms with Crippen LogP contribution in [0.15, 0.2) is 83.8 Å². The zero-order valence-corrected chi connectivity index (χ0v) is 20.3. The number of ether oxygens (including phenoxy) is 1. The molecule has 1 aliphatic rings. The lowest BCUT2D eigenvalue weighted by Crippen LogP contribution is -2.35. The summed E-state index contributed by atoms with van der Waals surface area (Å²) in [6, 6.07) is 23.2. The lowest BCUT2D eigenvalue weighted by Gasteiger charge is -2.28. The van der Waals surface area contributed by atoms with Gasteiger partial charge in [0.25, 0.3) is 5.91 Å². The van der Waals surface area contributed by atoms with Crippen LogP contribution in [0.3, 0.4) is 0 Å². The van der Waals surface area contributed by atoms with E-state index in [9.17, 15) is 18.0 Å². The Morgan fingerprint density at radius 1 is 0.943 bits per heavy atom. The van der Waals surface area contributed by atoms with E-state index in [2.05, 4.69) is 5.32 Å². The maximum atomic E-state index is 13.1. The van der Waals surface area contributed by atoms with Gasteiger partial charge < -0.3 is 10.1 Å². The van der Waals surface area contributed by atoms with E-state index in [1.165, 1.54) is 28.6 Å². The van der Waals surface area contributed by atoms with Gasteiger partial charge in [-0.15, -0.1) is 0 Å². The van der Waals surface area contributed by atoms with Crippen LogP contribution in [-0.4, -0.2) is 44.3 Å². The van der Waals surface area contributed by atoms with Gasteiger partial charge in [-0.3, -0.25) is 4.79 Å². The predicted molar refractivity (Wildman–Crippen MR) is 132 cm³/mol. The van der Waals surface area contributed by atoms with E-state index in [1.807, 2.05) is 61.5 Å². The Hall–Kier alpha value is -3.49. The first-order valence-corrected chi connectivity index (χ1v) is 12.9. The molecule has 1 heterocycles. The fraction of sp³-hybridized carbons (Fsp3) is 0.259. The summed E-state index contributed by atoms with van der Waals surface area (Å²) in [6.07, 6.45) is 0.659. The van der Waals surface area contributed by atoms with Crippen molar-refractivity contribution in [1.29, 1.82) is 0 Å². The van der Waals surface area contributed by atoms with Gasteiger partial charge in [-0.2, -0.15) is 4.31 Å². The molecule has 4 rings (SSSR count). The Kier molecular flexibility index (Phi) is 7.63. The van der Waals surface area contributed by atoms with Gasteiger partial charge in [-0.1, -0.05) is 61.5 Å². The summed E-state index contributed by atoms with van der Waals surface area (Å²) in [5, 5.41) is 2.76. The largest absolute Gasteiger partial charge is 0.452 e. The SMILES string of the molecule is CC(CNC(=O)COC(=O)c1ccc(S(=O)(=O)N2CCc3ccccc3C2)cc1)c1ccccc1. The van der Waals surface area contributed by atoms with Crippen molar-refractivity contribution in [3.63, 3.8) is 0 Å². The molecular formula is C27H28N2O5S. The first-order valence-electron chi connectivity index (χ1n) is 11.5. The van der Waals surface area contributed by atoms with E-state index in [1.54, 1.807) is 0 Å². The van der Waals surface area contributed by atoms with Crippen LogP contribution in [0.4, 0.5) is 0 Å². The molecule has 182 valence electrons. The van der Waals surface area contributed by atoms with Crippen molar-refractivity contribution >= 4 is 21.9 Å². The van der Waals surface area contributed by atoms with E-state index >= 15 is 0 Å². The summed E-state index contributed by atoms with van der Waals surface area (Å²) in [5.74, 6) is -0.962. The van der Waals surface area contributed by atoms with Gasteiger partial charge in [0, 0.05) is 19.6 Å². The lowest BCUT2D eigenvalue weighted by molar-refractivity contribution is -0.124. The normalized spacial score (nSPS) is 14.5. The van der Waals surface area contributed by atoms with Crippen LogP contribution in [0.2, 0.25) is 0 Å². The van der Waals surface area contributed by atoms with Crippen LogP contribution in [0.1, 0.15) is 39.9 Å². The maximum absolute atomic E-state index is 13.1. The lowest BCUT2D eigenvalue weighted by atomic mass is 10.0. The van der Waals surface area contributed by atoms with Crippen molar-refractivity contribution in [3.05, 3.63) is 101 Å². The monoisotopic (exact) mass is 492 g/mol. The fourth-order valence-corrected chi connectivity index (χ4v) is 5.44. The molecule has 0 aromatic heterocycles. The Bertz CT molecular complexity index is 1290. The molecular weight excluding hydrogens is 464 g/mol. The average Bonchev–Trinajstić information content (AvgIpc) is 2.90. The van der Waals surface area contributed by atoms with E-state index in [-0.39, 0.29) is 16.4 Å². The van der Waals surface area contributed by atoms with Gasteiger partial charge in [-0.05, 0) is 53.3 Å². The molecule has 1 aliphatic heterocycles. The first kappa shape index (κ1) is 24.6. The first-order chi connectivity index (χ1) is 16.8. The zero-order valence-electron chi connectivity index (χ0n) is 19.5. The van der Waals surface area contributed by atoms with Crippen LogP contribution in [0.25, 0.3) is 0 Å². The van der Waals surface area contributed by atoms with Crippen LogP contribution in [-0.2, 0) is 32.5 Å². The summed E-state index contributed by atoms with van der Waals surface area (Å²) < 4.78 is 32.7. The Morgan fingerprint density at radius 2 is 1.60 bits per heavy atom. The molecule has 35 heavy (non-hydrogen) atoms. The number of sulfonamides is 1. The number of rotatable bonds is 8. The molecule has 0 saturated carbocycles. The molecule has 0 radical (unpaired) electrons. The molecule has 0 bridgehead atoms. The number of benzene rings is 3. The number of carbonyl (C=O) groups is 2. The number of fused-ring (bicyclic) bond motifs is 1. The third kappa shape index (κ3) is 5.96. The van der Waals surface area contributed by atoms with Gasteiger partial charge >= 0.3 is 5.97 Å². The number of hydrogen-bond acceptors (Lipinski definition) is 5. The second-order valence-electron chi connectivity index (χ2n) is 8.57. The average molecular weight is 493 g/mol. The van der Waals surface area contributed by atoms with Crippen molar-refractivity contribution in [2.75, 3.05) is 19.7 Å². The van der Waals surface area contributed by atoms with Gasteiger partial charge in [0.2, 0.25) is 10.0 Å². The second kappa shape index (κ2) is 10.8. The molecule has 1 N–H and O–H groups in total. The van der Waals surface area contributed by atoms with Crippen LogP contribution >= 0.6 is 0 Å². The van der Waals surface area contributed by atoms with Gasteiger partial charge in [0.15, 0.2) is 6.61 Å². The highest BCUT2D eigenvalue weighted by molar-refractivity contribution is 7.89. The minimum absolute atomic E-state index is 0.112. The molecule has 0 spiro atoms. The van der Waals surface area contributed by atoms with E-state index in [4.69, 9.17) is 4.74 Å². The number of amides is 1. The maximum Gasteiger partial charge on any atom is 0.338 e. The predicted octanol–water partition coefficient (Wildman–Crippen LogP) is 3.51. The summed E-state index contributed by atoms with van der Waals surface area (Å²) in [5.41, 5.74) is 3.45. The van der Waals surface area contributed by atoms with Crippen molar-refractivity contribution in [3.8, 4) is 0 Å². The van der Waals surface area contributed by atoms with Gasteiger partial charge in [0.05, 0.1) is 10.5 Å². The molecule has 1 amide bonds. The Morgan fingerprint density at radius 3 is 2.31 bits per heavy atom. The molecule has 1 atom stereocenters. The number of hydrogen-bond donors (Lipinski definition) is 1. The molecule has 3 aromatic rings. The third-order valence-corrected chi connectivity index (χ3v) is 7.99. The Labute approximate surface area is 205 Å². The second-order valence-corrected chi connectivity index (χ2v) is 10.5. The van der Waals surface area contributed by atoms with Crippen LogP contribution in [0, 0.1) is 0 Å². The smallest absolute Gasteiger partial charge is 0.338 e. The third-order valence-electron chi connectivity index (χ3n) is 6.13. The number of esters is 1. The van der Waals surface area contributed by atoms with Crippen LogP contribution < -0.4 is 5.32 Å². The topological polar surface area (TPSA) is 92.8 Å². The molecule has 0 aliphatic carbocycles. The molecule has 8 heteroatoms. The standard InChI is InChI=1S/C27H28N2O5S/c1-20(21-7-3-2-4-8-21)17-28-26(30)19-34-27(31)23-11-13-25(14-12-23)35(32,33)29-16-15-22-9-5-6-10-24(22)18-29/h2-14,20H,15-19H2,1H3,(H,28,30). The molecule has 1 unspecified atom stereocenters. The highest BCUT2D eigenvalue weighted by Gasteiger charge is 2.28. The molecule has 3 aromatic carbocycles. The number of nitrogens with zero attached hydrogens (tertiary/aromatic N) is 1. The van der Waals surface area contributed by atoms with Crippen molar-refractivity contribution in [2.24, 2.45) is 0 Å². The summed E-state index contributed by atoms with van der Waals surface area (Å²) in [7, 11) is -3.69. The van der Waals surface area contributed by atoms with E-state index in [0.29, 0.717) is 26.1 Å². The van der Waals surface area contributed by atoms with Gasteiger partial charge in [-0.25, -0.2) is 13.2 Å². The van der Waals surface area contributed by atoms with E-state index < -0.39 is 28.5 Å². The molecule has 0 saturated heterocycles. The minimum atomic E-state index is -3.69.